The summed E-state index contributed by atoms with van der Waals surface area (Å²) in [5.74, 6) is 0. The summed E-state index contributed by atoms with van der Waals surface area (Å²) in [6.45, 7) is 15.5. The Morgan fingerprint density at radius 1 is 0.667 bits per heavy atom. The molecule has 1 nitrogen and oxygen atoms in total. The largest absolute Gasteiger partial charge is 0.344 e. The van der Waals surface area contributed by atoms with Gasteiger partial charge in [0.15, 0.2) is 0 Å². The minimum atomic E-state index is 1.29. The van der Waals surface area contributed by atoms with Gasteiger partial charge in [-0.1, -0.05) is 17.7 Å². The van der Waals surface area contributed by atoms with Crippen LogP contribution in [-0.2, 0) is 0 Å². The summed E-state index contributed by atoms with van der Waals surface area (Å²) in [6, 6.07) is 6.68. The molecule has 0 spiro atoms. The van der Waals surface area contributed by atoms with Crippen LogP contribution in [0.5, 0.6) is 0 Å². The lowest BCUT2D eigenvalue weighted by atomic mass is 9.92. The van der Waals surface area contributed by atoms with Gasteiger partial charge in [0.2, 0.25) is 0 Å². The van der Waals surface area contributed by atoms with Crippen LogP contribution in [0.1, 0.15) is 38.9 Å². The fourth-order valence-electron chi connectivity index (χ4n) is 3.29. The van der Waals surface area contributed by atoms with Crippen molar-refractivity contribution in [3.05, 3.63) is 57.1 Å². The van der Waals surface area contributed by atoms with Crippen molar-refractivity contribution >= 4 is 11.4 Å². The molecule has 0 aliphatic heterocycles. The minimum Gasteiger partial charge on any atom is -0.344 e. The van der Waals surface area contributed by atoms with E-state index in [0.29, 0.717) is 0 Å². The molecule has 2 rings (SSSR count). The quantitative estimate of drug-likeness (QED) is 0.691. The fourth-order valence-corrected chi connectivity index (χ4v) is 3.29. The van der Waals surface area contributed by atoms with Gasteiger partial charge >= 0.3 is 0 Å². The second-order valence-corrected chi connectivity index (χ2v) is 6.32. The molecule has 1 heteroatoms. The van der Waals surface area contributed by atoms with E-state index in [1.165, 1.54) is 50.3 Å². The zero-order chi connectivity index (χ0) is 15.9. The molecule has 0 saturated carbocycles. The average Bonchev–Trinajstić information content (AvgIpc) is 2.43. The first kappa shape index (κ1) is 15.6. The maximum absolute atomic E-state index is 2.35. The third kappa shape index (κ3) is 2.57. The number of benzene rings is 2. The first-order chi connectivity index (χ1) is 9.75. The highest BCUT2D eigenvalue weighted by atomic mass is 15.1. The predicted octanol–water partition coefficient (Wildman–Crippen LogP) is 5.61. The average molecular weight is 281 g/mol. The van der Waals surface area contributed by atoms with E-state index in [-0.39, 0.29) is 0 Å². The van der Waals surface area contributed by atoms with E-state index in [1.54, 1.807) is 0 Å². The number of anilines is 2. The van der Waals surface area contributed by atoms with Gasteiger partial charge in [0, 0.05) is 18.4 Å². The molecule has 0 bridgehead atoms. The van der Waals surface area contributed by atoms with Crippen molar-refractivity contribution in [3.63, 3.8) is 0 Å². The Morgan fingerprint density at radius 3 is 1.62 bits per heavy atom. The second kappa shape index (κ2) is 5.55. The third-order valence-electron chi connectivity index (χ3n) is 5.01. The van der Waals surface area contributed by atoms with E-state index in [2.05, 4.69) is 78.6 Å². The second-order valence-electron chi connectivity index (χ2n) is 6.32. The van der Waals surface area contributed by atoms with Crippen molar-refractivity contribution in [2.45, 2.75) is 48.5 Å². The first-order valence-electron chi connectivity index (χ1n) is 7.63. The van der Waals surface area contributed by atoms with Crippen LogP contribution in [0.4, 0.5) is 11.4 Å². The maximum Gasteiger partial charge on any atom is 0.0473 e. The fraction of sp³-hybridized carbons (Fsp3) is 0.400. The molecule has 0 unspecified atom stereocenters. The van der Waals surface area contributed by atoms with Crippen LogP contribution in [0.15, 0.2) is 18.2 Å². The van der Waals surface area contributed by atoms with Gasteiger partial charge in [-0.3, -0.25) is 0 Å². The lowest BCUT2D eigenvalue weighted by Gasteiger charge is -2.28. The molecule has 0 saturated heterocycles. The number of nitrogens with zero attached hydrogens (tertiary/aromatic N) is 1. The third-order valence-corrected chi connectivity index (χ3v) is 5.01. The van der Waals surface area contributed by atoms with Crippen LogP contribution in [0.2, 0.25) is 0 Å². The smallest absolute Gasteiger partial charge is 0.0473 e. The molecule has 0 aliphatic rings. The summed E-state index contributed by atoms with van der Waals surface area (Å²) in [5, 5.41) is 0. The van der Waals surface area contributed by atoms with E-state index >= 15 is 0 Å². The lowest BCUT2D eigenvalue weighted by Crippen LogP contribution is -2.16. The highest BCUT2D eigenvalue weighted by Gasteiger charge is 2.17. The molecular formula is C20H27N. The summed E-state index contributed by atoms with van der Waals surface area (Å²) < 4.78 is 0. The van der Waals surface area contributed by atoms with Crippen LogP contribution < -0.4 is 4.90 Å². The Bertz CT molecular complexity index is 666. The van der Waals surface area contributed by atoms with Crippen LogP contribution in [0.3, 0.4) is 0 Å². The summed E-state index contributed by atoms with van der Waals surface area (Å²) in [7, 11) is 2.18. The SMILES string of the molecule is Cc1ccc(N(C)c2c(C)c(C)c(C)c(C)c2C)c(C)c1. The van der Waals surface area contributed by atoms with Crippen LogP contribution >= 0.6 is 0 Å². The van der Waals surface area contributed by atoms with E-state index in [4.69, 9.17) is 0 Å². The molecule has 2 aromatic carbocycles. The summed E-state index contributed by atoms with van der Waals surface area (Å²) in [4.78, 5) is 2.35. The molecule has 112 valence electrons. The van der Waals surface area contributed by atoms with Crippen molar-refractivity contribution in [1.82, 2.24) is 0 Å². The van der Waals surface area contributed by atoms with Gasteiger partial charge in [0.1, 0.15) is 0 Å². The zero-order valence-electron chi connectivity index (χ0n) is 14.7. The molecule has 0 aliphatic carbocycles. The standard InChI is InChI=1S/C20H27N/c1-12-9-10-19(13(2)11-12)21(8)20-17(6)15(4)14(3)16(5)18(20)7/h9-11H,1-8H3. The Balaban J connectivity index is 2.66. The van der Waals surface area contributed by atoms with Crippen molar-refractivity contribution in [2.24, 2.45) is 0 Å². The highest BCUT2D eigenvalue weighted by molar-refractivity contribution is 5.74. The molecule has 21 heavy (non-hydrogen) atoms. The van der Waals surface area contributed by atoms with Crippen LogP contribution in [0.25, 0.3) is 0 Å². The lowest BCUT2D eigenvalue weighted by molar-refractivity contribution is 1.09. The minimum absolute atomic E-state index is 1.29. The van der Waals surface area contributed by atoms with Gasteiger partial charge < -0.3 is 4.90 Å². The van der Waals surface area contributed by atoms with E-state index in [0.717, 1.165) is 0 Å². The van der Waals surface area contributed by atoms with Gasteiger partial charge in [0.25, 0.3) is 0 Å². The van der Waals surface area contributed by atoms with Gasteiger partial charge in [-0.05, 0) is 87.9 Å². The Hall–Kier alpha value is -1.76. The molecular weight excluding hydrogens is 254 g/mol. The Labute approximate surface area is 129 Å². The van der Waals surface area contributed by atoms with Gasteiger partial charge in [-0.25, -0.2) is 0 Å². The normalized spacial score (nSPS) is 10.9. The van der Waals surface area contributed by atoms with E-state index in [1.807, 2.05) is 0 Å². The monoisotopic (exact) mass is 281 g/mol. The molecule has 0 N–H and O–H groups in total. The molecule has 0 amide bonds. The molecule has 0 heterocycles. The van der Waals surface area contributed by atoms with Crippen molar-refractivity contribution in [3.8, 4) is 0 Å². The molecule has 2 aromatic rings. The van der Waals surface area contributed by atoms with Crippen LogP contribution in [0, 0.1) is 48.5 Å². The molecule has 0 radical (unpaired) electrons. The van der Waals surface area contributed by atoms with Crippen molar-refractivity contribution < 1.29 is 0 Å². The Morgan fingerprint density at radius 2 is 1.14 bits per heavy atom. The molecule has 0 atom stereocenters. The van der Waals surface area contributed by atoms with Crippen LogP contribution in [-0.4, -0.2) is 7.05 Å². The van der Waals surface area contributed by atoms with Crippen molar-refractivity contribution in [2.75, 3.05) is 11.9 Å². The number of rotatable bonds is 2. The zero-order valence-corrected chi connectivity index (χ0v) is 14.7. The van der Waals surface area contributed by atoms with Crippen molar-refractivity contribution in [1.29, 1.82) is 0 Å². The maximum atomic E-state index is 2.35. The van der Waals surface area contributed by atoms with E-state index in [9.17, 15) is 0 Å². The highest BCUT2D eigenvalue weighted by Crippen LogP contribution is 2.37. The summed E-state index contributed by atoms with van der Waals surface area (Å²) >= 11 is 0. The predicted molar refractivity (Wildman–Crippen MR) is 94.1 cm³/mol. The first-order valence-corrected chi connectivity index (χ1v) is 7.63. The van der Waals surface area contributed by atoms with Gasteiger partial charge in [-0.15, -0.1) is 0 Å². The van der Waals surface area contributed by atoms with Gasteiger partial charge in [-0.2, -0.15) is 0 Å². The number of hydrogen-bond acceptors (Lipinski definition) is 1. The molecule has 0 aromatic heterocycles. The summed E-state index contributed by atoms with van der Waals surface area (Å²) in [6.07, 6.45) is 0. The molecule has 0 fully saturated rings. The number of hydrogen-bond donors (Lipinski definition) is 0. The van der Waals surface area contributed by atoms with E-state index < -0.39 is 0 Å². The Kier molecular flexibility index (Phi) is 4.13. The number of aryl methyl sites for hydroxylation is 2. The topological polar surface area (TPSA) is 3.24 Å². The van der Waals surface area contributed by atoms with Gasteiger partial charge in [0.05, 0.1) is 0 Å². The summed E-state index contributed by atoms with van der Waals surface area (Å²) in [5.41, 5.74) is 12.3.